The Morgan fingerprint density at radius 3 is 2.47 bits per heavy atom. The minimum Gasteiger partial charge on any atom is -0.338 e. The maximum atomic E-state index is 11.8. The van der Waals surface area contributed by atoms with Gasteiger partial charge < -0.3 is 10.2 Å². The van der Waals surface area contributed by atoms with Gasteiger partial charge in [0, 0.05) is 19.1 Å². The molecule has 0 aromatic rings. The second-order valence-electron chi connectivity index (χ2n) is 4.78. The highest BCUT2D eigenvalue weighted by atomic mass is 16.2. The van der Waals surface area contributed by atoms with E-state index in [0.29, 0.717) is 6.04 Å². The van der Waals surface area contributed by atoms with Gasteiger partial charge in [-0.2, -0.15) is 0 Å². The zero-order chi connectivity index (χ0) is 10.5. The number of hydrogen-bond acceptors (Lipinski definition) is 1. The smallest absolute Gasteiger partial charge is 0.317 e. The Morgan fingerprint density at radius 1 is 1.00 bits per heavy atom. The summed E-state index contributed by atoms with van der Waals surface area (Å²) in [6.45, 7) is 1.83. The van der Waals surface area contributed by atoms with Crippen LogP contribution in [-0.2, 0) is 0 Å². The summed E-state index contributed by atoms with van der Waals surface area (Å²) in [6.07, 6.45) is 10.0. The van der Waals surface area contributed by atoms with Crippen molar-refractivity contribution in [2.24, 2.45) is 0 Å². The van der Waals surface area contributed by atoms with Crippen LogP contribution in [0.3, 0.4) is 0 Å². The van der Waals surface area contributed by atoms with Crippen molar-refractivity contribution in [2.45, 2.75) is 57.4 Å². The molecule has 86 valence electrons. The Balaban J connectivity index is 1.95. The molecule has 3 heteroatoms. The molecule has 0 unspecified atom stereocenters. The molecular formula is C12H22N2O. The second kappa shape index (κ2) is 5.38. The molecule has 2 rings (SSSR count). The lowest BCUT2D eigenvalue weighted by Gasteiger charge is -2.29. The molecule has 0 spiro atoms. The van der Waals surface area contributed by atoms with E-state index in [2.05, 4.69) is 10.2 Å². The number of amides is 2. The van der Waals surface area contributed by atoms with Crippen molar-refractivity contribution in [3.63, 3.8) is 0 Å². The first-order valence-corrected chi connectivity index (χ1v) is 6.42. The molecule has 0 aromatic carbocycles. The number of nitrogens with one attached hydrogen (secondary N) is 1. The van der Waals surface area contributed by atoms with Gasteiger partial charge >= 0.3 is 6.03 Å². The Kier molecular flexibility index (Phi) is 3.87. The summed E-state index contributed by atoms with van der Waals surface area (Å²) in [7, 11) is 0. The molecule has 15 heavy (non-hydrogen) atoms. The zero-order valence-electron chi connectivity index (χ0n) is 9.50. The Hall–Kier alpha value is -0.730. The normalized spacial score (nSPS) is 25.6. The molecule has 0 bridgehead atoms. The SMILES string of the molecule is O=C1NCCCCN1C1CCCCCC1. The molecule has 0 atom stereocenters. The highest BCUT2D eigenvalue weighted by Gasteiger charge is 2.25. The fourth-order valence-corrected chi connectivity index (χ4v) is 2.72. The van der Waals surface area contributed by atoms with E-state index in [4.69, 9.17) is 0 Å². The summed E-state index contributed by atoms with van der Waals surface area (Å²) in [5, 5.41) is 3.00. The summed E-state index contributed by atoms with van der Waals surface area (Å²) in [6, 6.07) is 0.699. The quantitative estimate of drug-likeness (QED) is 0.663. The first-order chi connectivity index (χ1) is 7.38. The molecular weight excluding hydrogens is 188 g/mol. The first kappa shape index (κ1) is 10.8. The third-order valence-electron chi connectivity index (χ3n) is 3.63. The minimum atomic E-state index is 0.180. The molecule has 0 radical (unpaired) electrons. The predicted molar refractivity (Wildman–Crippen MR) is 60.8 cm³/mol. The van der Waals surface area contributed by atoms with Crippen LogP contribution in [0.4, 0.5) is 4.79 Å². The van der Waals surface area contributed by atoms with Gasteiger partial charge in [0.1, 0.15) is 0 Å². The second-order valence-corrected chi connectivity index (χ2v) is 4.78. The number of nitrogens with zero attached hydrogens (tertiary/aromatic N) is 1. The number of carbonyl (C=O) groups is 1. The van der Waals surface area contributed by atoms with Gasteiger partial charge in [-0.05, 0) is 25.7 Å². The predicted octanol–water partition coefficient (Wildman–Crippen LogP) is 2.51. The summed E-state index contributed by atoms with van der Waals surface area (Å²) in [5.41, 5.74) is 0. The van der Waals surface area contributed by atoms with E-state index in [9.17, 15) is 4.79 Å². The van der Waals surface area contributed by atoms with E-state index in [-0.39, 0.29) is 6.03 Å². The van der Waals surface area contributed by atoms with Crippen LogP contribution < -0.4 is 5.32 Å². The summed E-state index contributed by atoms with van der Waals surface area (Å²) in [5.74, 6) is 0. The van der Waals surface area contributed by atoms with Crippen LogP contribution in [0, 0.1) is 0 Å². The minimum absolute atomic E-state index is 0.180. The van der Waals surface area contributed by atoms with E-state index >= 15 is 0 Å². The van der Waals surface area contributed by atoms with Crippen molar-refractivity contribution in [1.29, 1.82) is 0 Å². The first-order valence-electron chi connectivity index (χ1n) is 6.42. The van der Waals surface area contributed by atoms with Crippen molar-refractivity contribution in [3.05, 3.63) is 0 Å². The summed E-state index contributed by atoms with van der Waals surface area (Å²) in [4.78, 5) is 13.9. The van der Waals surface area contributed by atoms with Crippen LogP contribution in [0.1, 0.15) is 51.4 Å². The topological polar surface area (TPSA) is 32.3 Å². The van der Waals surface area contributed by atoms with Crippen LogP contribution in [0.25, 0.3) is 0 Å². The third-order valence-corrected chi connectivity index (χ3v) is 3.63. The summed E-state index contributed by atoms with van der Waals surface area (Å²) < 4.78 is 0. The molecule has 2 fully saturated rings. The molecule has 1 saturated heterocycles. The molecule has 1 N–H and O–H groups in total. The maximum Gasteiger partial charge on any atom is 0.317 e. The van der Waals surface area contributed by atoms with Crippen molar-refractivity contribution in [3.8, 4) is 0 Å². The van der Waals surface area contributed by atoms with Crippen LogP contribution in [-0.4, -0.2) is 30.1 Å². The Morgan fingerprint density at radius 2 is 1.73 bits per heavy atom. The maximum absolute atomic E-state index is 11.8. The van der Waals surface area contributed by atoms with Gasteiger partial charge in [0.05, 0.1) is 0 Å². The fourth-order valence-electron chi connectivity index (χ4n) is 2.72. The van der Waals surface area contributed by atoms with Crippen LogP contribution in [0.15, 0.2) is 0 Å². The van der Waals surface area contributed by atoms with E-state index < -0.39 is 0 Å². The number of urea groups is 1. The van der Waals surface area contributed by atoms with Gasteiger partial charge in [-0.25, -0.2) is 4.79 Å². The monoisotopic (exact) mass is 210 g/mol. The molecule has 0 aromatic heterocycles. The van der Waals surface area contributed by atoms with Gasteiger partial charge in [-0.3, -0.25) is 0 Å². The Bertz CT molecular complexity index is 210. The van der Waals surface area contributed by atoms with Gasteiger partial charge in [-0.1, -0.05) is 25.7 Å². The van der Waals surface area contributed by atoms with Crippen molar-refractivity contribution in [1.82, 2.24) is 10.2 Å². The van der Waals surface area contributed by atoms with Crippen LogP contribution >= 0.6 is 0 Å². The third kappa shape index (κ3) is 2.86. The van der Waals surface area contributed by atoms with Crippen LogP contribution in [0.2, 0.25) is 0 Å². The molecule has 1 aliphatic heterocycles. The van der Waals surface area contributed by atoms with Gasteiger partial charge in [-0.15, -0.1) is 0 Å². The van der Waals surface area contributed by atoms with Gasteiger partial charge in [0.25, 0.3) is 0 Å². The van der Waals surface area contributed by atoms with Gasteiger partial charge in [0.2, 0.25) is 0 Å². The lowest BCUT2D eigenvalue weighted by molar-refractivity contribution is 0.172. The highest BCUT2D eigenvalue weighted by Crippen LogP contribution is 2.22. The van der Waals surface area contributed by atoms with Crippen molar-refractivity contribution < 1.29 is 4.79 Å². The van der Waals surface area contributed by atoms with E-state index in [1.807, 2.05) is 0 Å². The average Bonchev–Trinajstić information content (AvgIpc) is 2.59. The van der Waals surface area contributed by atoms with Crippen molar-refractivity contribution in [2.75, 3.05) is 13.1 Å². The van der Waals surface area contributed by atoms with E-state index in [1.165, 1.54) is 38.5 Å². The van der Waals surface area contributed by atoms with E-state index in [1.54, 1.807) is 0 Å². The average molecular weight is 210 g/mol. The lowest BCUT2D eigenvalue weighted by Crippen LogP contribution is -2.44. The van der Waals surface area contributed by atoms with E-state index in [0.717, 1.165) is 25.9 Å². The summed E-state index contributed by atoms with van der Waals surface area (Å²) >= 11 is 0. The molecule has 1 aliphatic carbocycles. The molecule has 1 saturated carbocycles. The van der Waals surface area contributed by atoms with Gasteiger partial charge in [0.15, 0.2) is 0 Å². The number of carbonyl (C=O) groups excluding carboxylic acids is 1. The number of rotatable bonds is 1. The molecule has 2 aliphatic rings. The number of hydrogen-bond donors (Lipinski definition) is 1. The molecule has 2 amide bonds. The van der Waals surface area contributed by atoms with Crippen molar-refractivity contribution >= 4 is 6.03 Å². The Labute approximate surface area is 92.2 Å². The molecule has 1 heterocycles. The fraction of sp³-hybridized carbons (Fsp3) is 0.917. The largest absolute Gasteiger partial charge is 0.338 e. The lowest BCUT2D eigenvalue weighted by atomic mass is 10.1. The molecule has 3 nitrogen and oxygen atoms in total. The highest BCUT2D eigenvalue weighted by molar-refractivity contribution is 5.74. The standard InChI is InChI=1S/C12H22N2O/c15-12-13-9-5-6-10-14(12)11-7-3-1-2-4-8-11/h11H,1-10H2,(H,13,15). The zero-order valence-corrected chi connectivity index (χ0v) is 9.50. The van der Waals surface area contributed by atoms with Crippen LogP contribution in [0.5, 0.6) is 0 Å².